The van der Waals surface area contributed by atoms with Gasteiger partial charge in [0.2, 0.25) is 0 Å². The maximum atomic E-state index is 8.73. The summed E-state index contributed by atoms with van der Waals surface area (Å²) >= 11 is 3.52. The highest BCUT2D eigenvalue weighted by molar-refractivity contribution is 9.10. The monoisotopic (exact) mass is 280 g/mol. The van der Waals surface area contributed by atoms with Gasteiger partial charge in [-0.1, -0.05) is 28.1 Å². The summed E-state index contributed by atoms with van der Waals surface area (Å²) < 4.78 is 1.07. The van der Waals surface area contributed by atoms with Crippen molar-refractivity contribution in [1.29, 1.82) is 0 Å². The zero-order valence-corrected chi connectivity index (χ0v) is 10.4. The Morgan fingerprint density at radius 1 is 1.25 bits per heavy atom. The molecule has 2 N–H and O–H groups in total. The van der Waals surface area contributed by atoms with Crippen molar-refractivity contribution in [2.45, 2.75) is 6.42 Å². The van der Waals surface area contributed by atoms with E-state index in [9.17, 15) is 0 Å². The first-order valence-electron chi connectivity index (χ1n) is 5.21. The summed E-state index contributed by atoms with van der Waals surface area (Å²) in [6.07, 6.45) is 2.51. The van der Waals surface area contributed by atoms with E-state index in [2.05, 4.69) is 26.2 Å². The quantitative estimate of drug-likeness (QED) is 0.847. The molecule has 1 heterocycles. The van der Waals surface area contributed by atoms with E-state index in [1.165, 1.54) is 0 Å². The van der Waals surface area contributed by atoms with E-state index in [4.69, 9.17) is 5.11 Å². The van der Waals surface area contributed by atoms with Crippen LogP contribution in [-0.4, -0.2) is 23.2 Å². The summed E-state index contributed by atoms with van der Waals surface area (Å²) in [6.45, 7) is 0.927. The number of pyridine rings is 1. The molecule has 1 aromatic heterocycles. The van der Waals surface area contributed by atoms with E-state index >= 15 is 0 Å². The van der Waals surface area contributed by atoms with E-state index in [0.29, 0.717) is 0 Å². The molecule has 0 bridgehead atoms. The molecule has 16 heavy (non-hydrogen) atoms. The fraction of sp³-hybridized carbons (Fsp3) is 0.250. The van der Waals surface area contributed by atoms with Gasteiger partial charge in [-0.05, 0) is 18.6 Å². The summed E-state index contributed by atoms with van der Waals surface area (Å²) in [4.78, 5) is 4.31. The molecule has 3 nitrogen and oxygen atoms in total. The summed E-state index contributed by atoms with van der Waals surface area (Å²) in [5.74, 6) is 0.868. The zero-order chi connectivity index (χ0) is 11.4. The van der Waals surface area contributed by atoms with Gasteiger partial charge in [0.1, 0.15) is 5.82 Å². The molecule has 0 fully saturated rings. The van der Waals surface area contributed by atoms with Crippen molar-refractivity contribution >= 4 is 32.5 Å². The van der Waals surface area contributed by atoms with Gasteiger partial charge in [-0.2, -0.15) is 0 Å². The van der Waals surface area contributed by atoms with Gasteiger partial charge in [-0.15, -0.1) is 0 Å². The summed E-state index contributed by atoms with van der Waals surface area (Å²) in [5, 5.41) is 14.2. The molecule has 0 aliphatic rings. The maximum Gasteiger partial charge on any atom is 0.133 e. The number of anilines is 1. The number of rotatable bonds is 4. The fourth-order valence-corrected chi connectivity index (χ4v) is 2.09. The second kappa shape index (κ2) is 5.27. The first kappa shape index (κ1) is 11.4. The smallest absolute Gasteiger partial charge is 0.133 e. The van der Waals surface area contributed by atoms with Gasteiger partial charge < -0.3 is 10.4 Å². The lowest BCUT2D eigenvalue weighted by Crippen LogP contribution is -2.05. The van der Waals surface area contributed by atoms with Crippen LogP contribution in [0.2, 0.25) is 0 Å². The van der Waals surface area contributed by atoms with Crippen LogP contribution in [0.5, 0.6) is 0 Å². The molecule has 0 aliphatic carbocycles. The van der Waals surface area contributed by atoms with Crippen LogP contribution in [0, 0.1) is 0 Å². The van der Waals surface area contributed by atoms with Crippen LogP contribution in [-0.2, 0) is 0 Å². The predicted octanol–water partition coefficient (Wildman–Crippen LogP) is 2.79. The lowest BCUT2D eigenvalue weighted by molar-refractivity contribution is 0.292. The van der Waals surface area contributed by atoms with Crippen LogP contribution in [0.1, 0.15) is 6.42 Å². The van der Waals surface area contributed by atoms with Crippen molar-refractivity contribution in [2.75, 3.05) is 18.5 Å². The molecule has 0 atom stereocenters. The number of hydrogen-bond donors (Lipinski definition) is 2. The average molecular weight is 281 g/mol. The Kier molecular flexibility index (Phi) is 3.74. The molecule has 0 unspecified atom stereocenters. The third-order valence-electron chi connectivity index (χ3n) is 2.38. The second-order valence-corrected chi connectivity index (χ2v) is 4.35. The van der Waals surface area contributed by atoms with Crippen LogP contribution in [0.25, 0.3) is 10.8 Å². The number of aliphatic hydroxyl groups is 1. The molecule has 0 radical (unpaired) electrons. The van der Waals surface area contributed by atoms with Crippen LogP contribution >= 0.6 is 15.9 Å². The highest BCUT2D eigenvalue weighted by Crippen LogP contribution is 2.27. The van der Waals surface area contributed by atoms with Gasteiger partial charge in [-0.25, -0.2) is 4.98 Å². The number of benzene rings is 1. The largest absolute Gasteiger partial charge is 0.396 e. The van der Waals surface area contributed by atoms with Crippen molar-refractivity contribution in [1.82, 2.24) is 4.98 Å². The minimum absolute atomic E-state index is 0.196. The number of halogens is 1. The van der Waals surface area contributed by atoms with Gasteiger partial charge in [-0.3, -0.25) is 0 Å². The molecule has 0 saturated carbocycles. The average Bonchev–Trinajstić information content (AvgIpc) is 2.31. The molecule has 0 amide bonds. The minimum atomic E-state index is 0.196. The van der Waals surface area contributed by atoms with Gasteiger partial charge in [0.05, 0.1) is 0 Å². The van der Waals surface area contributed by atoms with Crippen molar-refractivity contribution in [2.24, 2.45) is 0 Å². The third kappa shape index (κ3) is 2.33. The number of nitrogens with zero attached hydrogens (tertiary/aromatic N) is 1. The Morgan fingerprint density at radius 3 is 2.94 bits per heavy atom. The lowest BCUT2D eigenvalue weighted by Gasteiger charge is -2.08. The molecule has 2 aromatic rings. The van der Waals surface area contributed by atoms with Gasteiger partial charge in [0.25, 0.3) is 0 Å². The maximum absolute atomic E-state index is 8.73. The van der Waals surface area contributed by atoms with Gasteiger partial charge >= 0.3 is 0 Å². The first-order chi connectivity index (χ1) is 7.83. The van der Waals surface area contributed by atoms with Crippen molar-refractivity contribution < 1.29 is 5.11 Å². The molecule has 4 heteroatoms. The fourth-order valence-electron chi connectivity index (χ4n) is 1.60. The number of nitrogens with one attached hydrogen (secondary N) is 1. The molecule has 0 aliphatic heterocycles. The lowest BCUT2D eigenvalue weighted by atomic mass is 10.1. The van der Waals surface area contributed by atoms with Crippen LogP contribution in [0.3, 0.4) is 0 Å². The number of aliphatic hydroxyl groups excluding tert-OH is 1. The Balaban J connectivity index is 2.34. The summed E-state index contributed by atoms with van der Waals surface area (Å²) in [7, 11) is 0. The minimum Gasteiger partial charge on any atom is -0.396 e. The number of hydrogen-bond acceptors (Lipinski definition) is 3. The Morgan fingerprint density at radius 2 is 2.12 bits per heavy atom. The van der Waals surface area contributed by atoms with E-state index in [1.807, 2.05) is 24.3 Å². The molecular weight excluding hydrogens is 268 g/mol. The zero-order valence-electron chi connectivity index (χ0n) is 8.78. The normalized spacial score (nSPS) is 10.6. The molecule has 0 spiro atoms. The predicted molar refractivity (Wildman–Crippen MR) is 69.6 cm³/mol. The highest BCUT2D eigenvalue weighted by Gasteiger charge is 2.03. The van der Waals surface area contributed by atoms with E-state index in [1.54, 1.807) is 6.20 Å². The summed E-state index contributed by atoms with van der Waals surface area (Å²) in [6, 6.07) is 8.02. The highest BCUT2D eigenvalue weighted by atomic mass is 79.9. The van der Waals surface area contributed by atoms with Crippen LogP contribution in [0.15, 0.2) is 34.9 Å². The molecule has 1 aromatic carbocycles. The van der Waals surface area contributed by atoms with E-state index < -0.39 is 0 Å². The van der Waals surface area contributed by atoms with Crippen molar-refractivity contribution in [3.63, 3.8) is 0 Å². The van der Waals surface area contributed by atoms with Gasteiger partial charge in [0, 0.05) is 34.6 Å². The first-order valence-corrected chi connectivity index (χ1v) is 6.00. The van der Waals surface area contributed by atoms with Crippen molar-refractivity contribution in [3.05, 3.63) is 34.9 Å². The van der Waals surface area contributed by atoms with Crippen LogP contribution < -0.4 is 5.32 Å². The topological polar surface area (TPSA) is 45.1 Å². The SMILES string of the molecule is OCCCNc1nccc2c(Br)cccc12. The molecule has 2 rings (SSSR count). The Labute approximate surface area is 103 Å². The standard InChI is InChI=1S/C12H13BrN2O/c13-11-4-1-3-10-9(11)5-7-15-12(10)14-6-2-8-16/h1,3-5,7,16H,2,6,8H2,(H,14,15). The Bertz CT molecular complexity index is 487. The molecule has 84 valence electrons. The summed E-state index contributed by atoms with van der Waals surface area (Å²) in [5.41, 5.74) is 0. The number of aromatic nitrogens is 1. The van der Waals surface area contributed by atoms with E-state index in [-0.39, 0.29) is 6.61 Å². The van der Waals surface area contributed by atoms with Gasteiger partial charge in [0.15, 0.2) is 0 Å². The molecule has 0 saturated heterocycles. The van der Waals surface area contributed by atoms with E-state index in [0.717, 1.165) is 34.0 Å². The van der Waals surface area contributed by atoms with Crippen molar-refractivity contribution in [3.8, 4) is 0 Å². The second-order valence-electron chi connectivity index (χ2n) is 3.50. The Hall–Kier alpha value is -1.13. The number of fused-ring (bicyclic) bond motifs is 1. The third-order valence-corrected chi connectivity index (χ3v) is 3.07. The van der Waals surface area contributed by atoms with Crippen LogP contribution in [0.4, 0.5) is 5.82 Å². The molecular formula is C12H13BrN2O.